The van der Waals surface area contributed by atoms with E-state index in [1.54, 1.807) is 0 Å². The molecule has 0 saturated carbocycles. The Morgan fingerprint density at radius 1 is 1.23 bits per heavy atom. The second kappa shape index (κ2) is 13.4. The lowest BCUT2D eigenvalue weighted by molar-refractivity contribution is -0.142. The van der Waals surface area contributed by atoms with E-state index >= 15 is 0 Å². The summed E-state index contributed by atoms with van der Waals surface area (Å²) in [6.45, 7) is -0.639. The van der Waals surface area contributed by atoms with E-state index in [1.165, 1.54) is 7.11 Å². The van der Waals surface area contributed by atoms with Gasteiger partial charge >= 0.3 is 11.9 Å². The molecule has 0 aromatic carbocycles. The van der Waals surface area contributed by atoms with Crippen molar-refractivity contribution in [3.63, 3.8) is 0 Å². The number of aliphatic carboxylic acids is 2. The molecule has 0 radical (unpaired) electrons. The number of carboxylic acids is 2. The lowest BCUT2D eigenvalue weighted by Crippen LogP contribution is -2.10. The van der Waals surface area contributed by atoms with E-state index in [0.717, 1.165) is 0 Å². The van der Waals surface area contributed by atoms with E-state index in [4.69, 9.17) is 10.2 Å². The van der Waals surface area contributed by atoms with Crippen LogP contribution in [0, 0.1) is 0 Å². The first-order chi connectivity index (χ1) is 5.54. The number of hydrogen-bond donors (Lipinski definition) is 3. The van der Waals surface area contributed by atoms with Crippen molar-refractivity contribution < 1.29 is 29.4 Å². The van der Waals surface area contributed by atoms with Crippen molar-refractivity contribution in [3.05, 3.63) is 0 Å². The zero-order valence-electron chi connectivity index (χ0n) is 6.52. The second-order valence-corrected chi connectivity index (χ2v) is 1.53. The van der Waals surface area contributed by atoms with E-state index in [1.807, 2.05) is 0 Å². The molecule has 0 saturated heterocycles. The largest absolute Gasteiger partial charge is 0.480 e. The normalized spacial score (nSPS) is 7.54. The molecule has 0 atom stereocenters. The fourth-order valence-corrected chi connectivity index (χ4v) is 0.195. The van der Waals surface area contributed by atoms with Crippen LogP contribution in [-0.4, -0.2) is 42.5 Å². The van der Waals surface area contributed by atoms with Crippen LogP contribution in [0.15, 0.2) is 0 Å². The third kappa shape index (κ3) is 36.2. The van der Waals surface area contributed by atoms with Gasteiger partial charge in [0.05, 0.1) is 0 Å². The number of rotatable bonds is 4. The number of carbonyl (C=O) groups is 2. The molecule has 7 nitrogen and oxygen atoms in total. The lowest BCUT2D eigenvalue weighted by atomic mass is 10.8. The fourth-order valence-electron chi connectivity index (χ4n) is 0.195. The van der Waals surface area contributed by atoms with Crippen molar-refractivity contribution in [3.8, 4) is 0 Å². The van der Waals surface area contributed by atoms with E-state index in [9.17, 15) is 9.59 Å². The van der Waals surface area contributed by atoms with Crippen molar-refractivity contribution in [1.29, 1.82) is 0 Å². The molecule has 0 aromatic heterocycles. The maximum Gasteiger partial charge on any atom is 0.331 e. The highest BCUT2D eigenvalue weighted by Crippen LogP contribution is 1.61. The minimum Gasteiger partial charge on any atom is -0.480 e. The van der Waals surface area contributed by atoms with Gasteiger partial charge in [0.2, 0.25) is 0 Å². The van der Waals surface area contributed by atoms with Crippen LogP contribution in [-0.2, 0) is 19.2 Å². The quantitative estimate of drug-likeness (QED) is 0.510. The Labute approximate surface area is 76.0 Å². The SMILES string of the molecule is C.COCC(=O)O.NOCC(=O)O. The van der Waals surface area contributed by atoms with Gasteiger partial charge in [-0.3, -0.25) is 4.84 Å². The topological polar surface area (TPSA) is 119 Å². The summed E-state index contributed by atoms with van der Waals surface area (Å²) in [5.74, 6) is 2.36. The molecular formula is C6H15NO6. The van der Waals surface area contributed by atoms with Gasteiger partial charge in [-0.25, -0.2) is 15.5 Å². The molecule has 0 amide bonds. The molecule has 0 aromatic rings. The number of ether oxygens (including phenoxy) is 1. The van der Waals surface area contributed by atoms with Crippen LogP contribution < -0.4 is 5.90 Å². The van der Waals surface area contributed by atoms with Crippen molar-refractivity contribution in [2.45, 2.75) is 7.43 Å². The maximum atomic E-state index is 9.47. The van der Waals surface area contributed by atoms with Gasteiger partial charge in [0, 0.05) is 7.11 Å². The van der Waals surface area contributed by atoms with E-state index in [2.05, 4.69) is 15.5 Å². The molecule has 13 heavy (non-hydrogen) atoms. The van der Waals surface area contributed by atoms with Gasteiger partial charge in [0.15, 0.2) is 6.61 Å². The lowest BCUT2D eigenvalue weighted by Gasteiger charge is -1.83. The third-order valence-electron chi connectivity index (χ3n) is 0.475. The first-order valence-corrected chi connectivity index (χ1v) is 2.78. The van der Waals surface area contributed by atoms with Crippen LogP contribution in [0.4, 0.5) is 0 Å². The highest BCUT2D eigenvalue weighted by molar-refractivity contribution is 5.68. The number of nitrogens with two attached hydrogens (primary N) is 1. The van der Waals surface area contributed by atoms with Crippen molar-refractivity contribution in [2.24, 2.45) is 5.90 Å². The second-order valence-electron chi connectivity index (χ2n) is 1.53. The fraction of sp³-hybridized carbons (Fsp3) is 0.667. The highest BCUT2D eigenvalue weighted by atomic mass is 16.6. The van der Waals surface area contributed by atoms with Crippen LogP contribution in [0.2, 0.25) is 0 Å². The van der Waals surface area contributed by atoms with Crippen LogP contribution in [0.1, 0.15) is 7.43 Å². The summed E-state index contributed by atoms with van der Waals surface area (Å²) in [6, 6.07) is 0. The summed E-state index contributed by atoms with van der Waals surface area (Å²) in [5.41, 5.74) is 0. The van der Waals surface area contributed by atoms with Gasteiger partial charge in [-0.15, -0.1) is 0 Å². The van der Waals surface area contributed by atoms with Gasteiger partial charge in [0.25, 0.3) is 0 Å². The Hall–Kier alpha value is -1.18. The molecule has 80 valence electrons. The van der Waals surface area contributed by atoms with E-state index < -0.39 is 18.5 Å². The van der Waals surface area contributed by atoms with Crippen molar-refractivity contribution >= 4 is 11.9 Å². The molecule has 0 rings (SSSR count). The van der Waals surface area contributed by atoms with Crippen molar-refractivity contribution in [2.75, 3.05) is 20.3 Å². The molecule has 0 bridgehead atoms. The Balaban J connectivity index is -0.000000143. The van der Waals surface area contributed by atoms with Gasteiger partial charge in [-0.05, 0) is 0 Å². The molecule has 0 spiro atoms. The van der Waals surface area contributed by atoms with Crippen molar-refractivity contribution in [1.82, 2.24) is 0 Å². The predicted molar refractivity (Wildman–Crippen MR) is 44.0 cm³/mol. The summed E-state index contributed by atoms with van der Waals surface area (Å²) in [7, 11) is 1.34. The molecule has 0 aliphatic carbocycles. The first kappa shape index (κ1) is 17.8. The zero-order valence-corrected chi connectivity index (χ0v) is 6.52. The number of methoxy groups -OCH3 is 1. The summed E-state index contributed by atoms with van der Waals surface area (Å²) in [6.07, 6.45) is 0. The Morgan fingerprint density at radius 2 is 1.62 bits per heavy atom. The minimum atomic E-state index is -1.06. The average Bonchev–Trinajstić information content (AvgIpc) is 1.87. The smallest absolute Gasteiger partial charge is 0.331 e. The summed E-state index contributed by atoms with van der Waals surface area (Å²) < 4.78 is 4.20. The third-order valence-corrected chi connectivity index (χ3v) is 0.475. The average molecular weight is 197 g/mol. The zero-order chi connectivity index (χ0) is 9.98. The van der Waals surface area contributed by atoms with Gasteiger partial charge in [-0.2, -0.15) is 0 Å². The Morgan fingerprint density at radius 3 is 1.62 bits per heavy atom. The maximum absolute atomic E-state index is 9.47. The summed E-state index contributed by atoms with van der Waals surface area (Å²) >= 11 is 0. The molecule has 7 heteroatoms. The molecule has 4 N–H and O–H groups in total. The van der Waals surface area contributed by atoms with Gasteiger partial charge in [0.1, 0.15) is 6.61 Å². The molecule has 0 aliphatic heterocycles. The Kier molecular flexibility index (Phi) is 18.4. The first-order valence-electron chi connectivity index (χ1n) is 2.78. The van der Waals surface area contributed by atoms with Crippen LogP contribution in [0.3, 0.4) is 0 Å². The molecule has 0 unspecified atom stereocenters. The Bertz CT molecular complexity index is 121. The van der Waals surface area contributed by atoms with Crippen LogP contribution in [0.25, 0.3) is 0 Å². The predicted octanol–water partition coefficient (Wildman–Crippen LogP) is -0.685. The molecule has 0 aliphatic rings. The minimum absolute atomic E-state index is 0. The standard InChI is InChI=1S/C3H6O3.C2H5NO3.CH4/c1-6-2-3(4)5;3-6-1-2(4)5;/h2H2,1H3,(H,4,5);1,3H2,(H,4,5);1H4. The molecule has 0 heterocycles. The van der Waals surface area contributed by atoms with E-state index in [-0.39, 0.29) is 14.0 Å². The van der Waals surface area contributed by atoms with E-state index in [0.29, 0.717) is 0 Å². The number of hydrogen-bond acceptors (Lipinski definition) is 5. The van der Waals surface area contributed by atoms with Crippen LogP contribution in [0.5, 0.6) is 0 Å². The van der Waals surface area contributed by atoms with Gasteiger partial charge < -0.3 is 14.9 Å². The summed E-state index contributed by atoms with van der Waals surface area (Å²) in [5, 5.41) is 15.5. The molecule has 0 fully saturated rings. The number of carboxylic acid groups (broad SMARTS) is 2. The van der Waals surface area contributed by atoms with Crippen LogP contribution >= 0.6 is 0 Å². The summed E-state index contributed by atoms with van der Waals surface area (Å²) in [4.78, 5) is 22.6. The molecular weight excluding hydrogens is 182 g/mol. The highest BCUT2D eigenvalue weighted by Gasteiger charge is 1.88. The monoisotopic (exact) mass is 197 g/mol. The van der Waals surface area contributed by atoms with Gasteiger partial charge in [-0.1, -0.05) is 7.43 Å².